The van der Waals surface area contributed by atoms with Crippen molar-refractivity contribution < 1.29 is 26.9 Å². The van der Waals surface area contributed by atoms with Gasteiger partial charge in [-0.2, -0.15) is 5.10 Å². The van der Waals surface area contributed by atoms with Crippen LogP contribution in [0.3, 0.4) is 0 Å². The molecule has 1 heterocycles. The van der Waals surface area contributed by atoms with E-state index in [1.54, 1.807) is 18.2 Å². The predicted octanol–water partition coefficient (Wildman–Crippen LogP) is 3.72. The topological polar surface area (TPSA) is 70.4 Å². The van der Waals surface area contributed by atoms with Crippen LogP contribution in [0.25, 0.3) is 16.6 Å². The predicted molar refractivity (Wildman–Crippen MR) is 93.0 cm³/mol. The molecule has 27 heavy (non-hydrogen) atoms. The smallest absolute Gasteiger partial charge is 0.406 e. The maximum absolute atomic E-state index is 12.5. The van der Waals surface area contributed by atoms with Gasteiger partial charge in [0.1, 0.15) is 5.75 Å². The average molecular weight is 396 g/mol. The molecule has 0 unspecified atom stereocenters. The first-order valence-corrected chi connectivity index (χ1v) is 8.58. The Kier molecular flexibility index (Phi) is 5.08. The Bertz CT molecular complexity index is 1050. The average Bonchev–Trinajstić information content (AvgIpc) is 2.62. The summed E-state index contributed by atoms with van der Waals surface area (Å²) in [6, 6.07) is 11.3. The minimum absolute atomic E-state index is 0.219. The van der Waals surface area contributed by atoms with Crippen molar-refractivity contribution in [3.63, 3.8) is 0 Å². The van der Waals surface area contributed by atoms with Crippen LogP contribution in [0.5, 0.6) is 5.75 Å². The molecule has 6 nitrogen and oxygen atoms in total. The minimum Gasteiger partial charge on any atom is -0.406 e. The Hall–Kier alpha value is -3.01. The van der Waals surface area contributed by atoms with Gasteiger partial charge in [-0.05, 0) is 36.4 Å². The Morgan fingerprint density at radius 3 is 2.41 bits per heavy atom. The summed E-state index contributed by atoms with van der Waals surface area (Å²) in [6.07, 6.45) is -3.30. The first-order chi connectivity index (χ1) is 12.8. The van der Waals surface area contributed by atoms with E-state index in [2.05, 4.69) is 9.84 Å². The molecule has 140 valence electrons. The lowest BCUT2D eigenvalue weighted by Gasteiger charge is -2.13. The quantitative estimate of drug-likeness (QED) is 0.626. The van der Waals surface area contributed by atoms with Crippen LogP contribution < -0.4 is 10.2 Å². The molecule has 2 aromatic carbocycles. The van der Waals surface area contributed by atoms with Gasteiger partial charge in [-0.15, -0.1) is 13.2 Å². The molecule has 0 bridgehead atoms. The molecule has 0 spiro atoms. The van der Waals surface area contributed by atoms with Gasteiger partial charge in [-0.3, -0.25) is 4.79 Å². The molecule has 0 saturated heterocycles. The molecular weight excluding hydrogens is 385 g/mol. The molecule has 1 aromatic heterocycles. The SMILES string of the molecule is CSOC(=O)c1nn(-c2ccc(OC(F)(F)F)cc2)c2ccccc2c1=O. The molecule has 0 saturated carbocycles. The molecule has 3 aromatic rings. The van der Waals surface area contributed by atoms with Crippen molar-refractivity contribution >= 4 is 28.9 Å². The van der Waals surface area contributed by atoms with E-state index in [1.165, 1.54) is 29.1 Å². The largest absolute Gasteiger partial charge is 0.573 e. The molecule has 0 aliphatic heterocycles. The number of hydrogen-bond donors (Lipinski definition) is 0. The Morgan fingerprint density at radius 1 is 1.11 bits per heavy atom. The van der Waals surface area contributed by atoms with Crippen molar-refractivity contribution in [1.29, 1.82) is 0 Å². The molecule has 0 aliphatic carbocycles. The van der Waals surface area contributed by atoms with Crippen LogP contribution in [-0.4, -0.2) is 28.4 Å². The summed E-state index contributed by atoms with van der Waals surface area (Å²) >= 11 is 0.767. The number of halogens is 3. The fraction of sp³-hybridized carbons (Fsp3) is 0.118. The first kappa shape index (κ1) is 18.8. The monoisotopic (exact) mass is 396 g/mol. The van der Waals surface area contributed by atoms with Crippen LogP contribution in [0.4, 0.5) is 13.2 Å². The number of nitrogens with zero attached hydrogens (tertiary/aromatic N) is 2. The van der Waals surface area contributed by atoms with E-state index in [4.69, 9.17) is 4.18 Å². The highest BCUT2D eigenvalue weighted by Crippen LogP contribution is 2.24. The molecule has 3 rings (SSSR count). The number of alkyl halides is 3. The molecule has 0 amide bonds. The Balaban J connectivity index is 2.14. The standard InChI is InChI=1S/C17H11F3N2O4S/c1-27-26-16(24)14-15(23)12-4-2-3-5-13(12)22(21-14)10-6-8-11(9-7-10)25-17(18,19)20/h2-9H,1H3. The van der Waals surface area contributed by atoms with Gasteiger partial charge in [-0.25, -0.2) is 9.48 Å². The van der Waals surface area contributed by atoms with Gasteiger partial charge >= 0.3 is 12.3 Å². The molecule has 0 N–H and O–H groups in total. The van der Waals surface area contributed by atoms with Gasteiger partial charge in [0.15, 0.2) is 0 Å². The van der Waals surface area contributed by atoms with Crippen molar-refractivity contribution in [2.45, 2.75) is 6.36 Å². The van der Waals surface area contributed by atoms with Crippen molar-refractivity contribution in [3.05, 3.63) is 64.4 Å². The molecule has 0 fully saturated rings. The number of carbonyl (C=O) groups excluding carboxylic acids is 1. The normalized spacial score (nSPS) is 11.4. The zero-order chi connectivity index (χ0) is 19.6. The lowest BCUT2D eigenvalue weighted by molar-refractivity contribution is -0.274. The van der Waals surface area contributed by atoms with Crippen molar-refractivity contribution in [3.8, 4) is 11.4 Å². The molecule has 0 atom stereocenters. The van der Waals surface area contributed by atoms with E-state index >= 15 is 0 Å². The fourth-order valence-electron chi connectivity index (χ4n) is 2.41. The van der Waals surface area contributed by atoms with E-state index in [9.17, 15) is 22.8 Å². The van der Waals surface area contributed by atoms with Crippen LogP contribution in [0.15, 0.2) is 53.3 Å². The van der Waals surface area contributed by atoms with Crippen molar-refractivity contribution in [1.82, 2.24) is 9.78 Å². The Labute approximate surface area is 154 Å². The third-order valence-corrected chi connectivity index (χ3v) is 3.78. The second-order valence-corrected chi connectivity index (χ2v) is 5.69. The highest BCUT2D eigenvalue weighted by atomic mass is 32.2. The Morgan fingerprint density at radius 2 is 1.78 bits per heavy atom. The molecule has 0 radical (unpaired) electrons. The number of carbonyl (C=O) groups is 1. The lowest BCUT2D eigenvalue weighted by Crippen LogP contribution is -2.23. The maximum atomic E-state index is 12.5. The van der Waals surface area contributed by atoms with Gasteiger partial charge in [-0.1, -0.05) is 12.1 Å². The van der Waals surface area contributed by atoms with E-state index in [-0.39, 0.29) is 5.39 Å². The first-order valence-electron chi connectivity index (χ1n) is 7.43. The second-order valence-electron chi connectivity index (χ2n) is 5.19. The maximum Gasteiger partial charge on any atom is 0.573 e. The van der Waals surface area contributed by atoms with Gasteiger partial charge in [0.2, 0.25) is 11.1 Å². The van der Waals surface area contributed by atoms with E-state index in [1.807, 2.05) is 0 Å². The van der Waals surface area contributed by atoms with Crippen LogP contribution in [-0.2, 0) is 4.18 Å². The molecular formula is C17H11F3N2O4S. The number of para-hydroxylation sites is 1. The third kappa shape index (κ3) is 4.05. The second kappa shape index (κ2) is 7.31. The van der Waals surface area contributed by atoms with Crippen molar-refractivity contribution in [2.75, 3.05) is 6.26 Å². The van der Waals surface area contributed by atoms with Gasteiger partial charge in [0.05, 0.1) is 28.6 Å². The molecule has 0 aliphatic rings. The minimum atomic E-state index is -4.81. The summed E-state index contributed by atoms with van der Waals surface area (Å²) < 4.78 is 46.8. The van der Waals surface area contributed by atoms with E-state index in [0.29, 0.717) is 11.2 Å². The summed E-state index contributed by atoms with van der Waals surface area (Å²) in [5.41, 5.74) is -0.316. The third-order valence-electron chi connectivity index (χ3n) is 3.46. The lowest BCUT2D eigenvalue weighted by atomic mass is 10.2. The summed E-state index contributed by atoms with van der Waals surface area (Å²) in [4.78, 5) is 24.5. The number of hydrogen-bond acceptors (Lipinski definition) is 6. The summed E-state index contributed by atoms with van der Waals surface area (Å²) in [7, 11) is 0. The van der Waals surface area contributed by atoms with Gasteiger partial charge < -0.3 is 8.92 Å². The van der Waals surface area contributed by atoms with Crippen LogP contribution in [0.2, 0.25) is 0 Å². The summed E-state index contributed by atoms with van der Waals surface area (Å²) in [6.45, 7) is 0. The fourth-order valence-corrected chi connectivity index (χ4v) is 2.64. The van der Waals surface area contributed by atoms with Gasteiger partial charge in [0.25, 0.3) is 0 Å². The number of aromatic nitrogens is 2. The zero-order valence-corrected chi connectivity index (χ0v) is 14.5. The van der Waals surface area contributed by atoms with E-state index < -0.39 is 29.2 Å². The van der Waals surface area contributed by atoms with Crippen LogP contribution in [0.1, 0.15) is 10.5 Å². The summed E-state index contributed by atoms with van der Waals surface area (Å²) in [5.74, 6) is -1.32. The number of benzene rings is 2. The van der Waals surface area contributed by atoms with Crippen LogP contribution >= 0.6 is 12.0 Å². The van der Waals surface area contributed by atoms with E-state index in [0.717, 1.165) is 24.2 Å². The number of rotatable bonds is 4. The molecule has 10 heteroatoms. The number of fused-ring (bicyclic) bond motifs is 1. The van der Waals surface area contributed by atoms with Crippen LogP contribution in [0, 0.1) is 0 Å². The van der Waals surface area contributed by atoms with Gasteiger partial charge in [0, 0.05) is 6.26 Å². The highest BCUT2D eigenvalue weighted by molar-refractivity contribution is 7.94. The van der Waals surface area contributed by atoms with Crippen molar-refractivity contribution in [2.24, 2.45) is 0 Å². The highest BCUT2D eigenvalue weighted by Gasteiger charge is 2.31. The number of ether oxygens (including phenoxy) is 1. The summed E-state index contributed by atoms with van der Waals surface area (Å²) in [5, 5.41) is 4.27. The zero-order valence-electron chi connectivity index (χ0n) is 13.7.